The third kappa shape index (κ3) is 3.33. The van der Waals surface area contributed by atoms with Crippen LogP contribution in [0.4, 0.5) is 0 Å². The minimum absolute atomic E-state index is 0.154. The molecule has 0 aliphatic carbocycles. The average Bonchev–Trinajstić information content (AvgIpc) is 3.42. The van der Waals surface area contributed by atoms with Crippen molar-refractivity contribution in [3.05, 3.63) is 48.0 Å². The molecule has 1 aliphatic rings. The summed E-state index contributed by atoms with van der Waals surface area (Å²) >= 11 is 0. The predicted octanol–water partition coefficient (Wildman–Crippen LogP) is 1.56. The van der Waals surface area contributed by atoms with E-state index in [-0.39, 0.29) is 11.7 Å². The third-order valence-corrected chi connectivity index (χ3v) is 4.38. The number of likely N-dealkylation sites (tertiary alicyclic amines) is 1. The van der Waals surface area contributed by atoms with Crippen molar-refractivity contribution in [1.29, 1.82) is 0 Å². The lowest BCUT2D eigenvalue weighted by Crippen LogP contribution is -2.22. The van der Waals surface area contributed by atoms with Crippen molar-refractivity contribution in [2.75, 3.05) is 20.2 Å². The van der Waals surface area contributed by atoms with Gasteiger partial charge in [-0.05, 0) is 18.6 Å². The number of ether oxygens (including phenoxy) is 1. The maximum Gasteiger partial charge on any atom is 0.360 e. The number of hydrogen-bond acceptors (Lipinski definition) is 8. The van der Waals surface area contributed by atoms with Gasteiger partial charge in [-0.15, -0.1) is 5.10 Å². The molecular formula is C17H18N6O3. The molecule has 9 nitrogen and oxygen atoms in total. The van der Waals surface area contributed by atoms with Crippen molar-refractivity contribution in [2.24, 2.45) is 0 Å². The molecule has 0 bridgehead atoms. The second-order valence-corrected chi connectivity index (χ2v) is 6.13. The van der Waals surface area contributed by atoms with Gasteiger partial charge in [-0.3, -0.25) is 4.90 Å². The highest BCUT2D eigenvalue weighted by Gasteiger charge is 2.27. The standard InChI is InChI=1S/C17H18N6O3/c1-25-17(24)14-10-23(21-19-14)13-7-8-22(9-13)11-15-18-16(26-20-15)12-5-3-2-4-6-12/h2-6,10,13H,7-9,11H2,1H3. The molecule has 3 aromatic rings. The molecule has 1 atom stereocenters. The Labute approximate surface area is 149 Å². The lowest BCUT2D eigenvalue weighted by molar-refractivity contribution is 0.0594. The number of methoxy groups -OCH3 is 1. The van der Waals surface area contributed by atoms with E-state index in [1.807, 2.05) is 30.3 Å². The molecule has 0 N–H and O–H groups in total. The lowest BCUT2D eigenvalue weighted by Gasteiger charge is -2.13. The maximum absolute atomic E-state index is 11.5. The first-order valence-electron chi connectivity index (χ1n) is 8.33. The van der Waals surface area contributed by atoms with Gasteiger partial charge < -0.3 is 9.26 Å². The van der Waals surface area contributed by atoms with Crippen LogP contribution in [0.25, 0.3) is 11.5 Å². The summed E-state index contributed by atoms with van der Waals surface area (Å²) in [5.41, 5.74) is 1.13. The van der Waals surface area contributed by atoms with E-state index in [9.17, 15) is 4.79 Å². The number of carbonyl (C=O) groups is 1. The van der Waals surface area contributed by atoms with E-state index in [4.69, 9.17) is 4.52 Å². The van der Waals surface area contributed by atoms with Crippen molar-refractivity contribution in [1.82, 2.24) is 30.0 Å². The summed E-state index contributed by atoms with van der Waals surface area (Å²) in [7, 11) is 1.33. The summed E-state index contributed by atoms with van der Waals surface area (Å²) in [4.78, 5) is 18.2. The molecule has 0 amide bonds. The Balaban J connectivity index is 1.38. The predicted molar refractivity (Wildman–Crippen MR) is 90.0 cm³/mol. The average molecular weight is 354 g/mol. The minimum Gasteiger partial charge on any atom is -0.464 e. The second-order valence-electron chi connectivity index (χ2n) is 6.13. The largest absolute Gasteiger partial charge is 0.464 e. The third-order valence-electron chi connectivity index (χ3n) is 4.38. The smallest absolute Gasteiger partial charge is 0.360 e. The van der Waals surface area contributed by atoms with Crippen LogP contribution in [0.1, 0.15) is 28.8 Å². The van der Waals surface area contributed by atoms with Crippen LogP contribution in [0.3, 0.4) is 0 Å². The van der Waals surface area contributed by atoms with Gasteiger partial charge in [-0.1, -0.05) is 28.6 Å². The van der Waals surface area contributed by atoms with E-state index < -0.39 is 5.97 Å². The minimum atomic E-state index is -0.480. The number of benzene rings is 1. The molecule has 134 valence electrons. The van der Waals surface area contributed by atoms with Crippen molar-refractivity contribution < 1.29 is 14.1 Å². The first-order chi connectivity index (χ1) is 12.7. The number of aromatic nitrogens is 5. The molecule has 0 radical (unpaired) electrons. The zero-order valence-electron chi connectivity index (χ0n) is 14.3. The van der Waals surface area contributed by atoms with E-state index >= 15 is 0 Å². The second kappa shape index (κ2) is 7.04. The van der Waals surface area contributed by atoms with Gasteiger partial charge in [0, 0.05) is 18.7 Å². The van der Waals surface area contributed by atoms with Crippen LogP contribution in [0.5, 0.6) is 0 Å². The molecule has 2 aromatic heterocycles. The summed E-state index contributed by atoms with van der Waals surface area (Å²) in [6.07, 6.45) is 2.54. The van der Waals surface area contributed by atoms with Crippen LogP contribution in [-0.4, -0.2) is 56.2 Å². The Morgan fingerprint density at radius 3 is 3.00 bits per heavy atom. The molecular weight excluding hydrogens is 336 g/mol. The van der Waals surface area contributed by atoms with Crippen molar-refractivity contribution in [3.63, 3.8) is 0 Å². The monoisotopic (exact) mass is 354 g/mol. The maximum atomic E-state index is 11.5. The molecule has 1 aliphatic heterocycles. The van der Waals surface area contributed by atoms with Crippen LogP contribution < -0.4 is 0 Å². The molecule has 26 heavy (non-hydrogen) atoms. The van der Waals surface area contributed by atoms with Gasteiger partial charge >= 0.3 is 5.97 Å². The van der Waals surface area contributed by atoms with Gasteiger partial charge in [0.05, 0.1) is 25.9 Å². The number of esters is 1. The Kier molecular flexibility index (Phi) is 4.44. The van der Waals surface area contributed by atoms with Crippen LogP contribution in [-0.2, 0) is 11.3 Å². The van der Waals surface area contributed by atoms with Gasteiger partial charge in [0.25, 0.3) is 5.89 Å². The number of hydrogen-bond donors (Lipinski definition) is 0. The Hall–Kier alpha value is -3.07. The highest BCUT2D eigenvalue weighted by molar-refractivity contribution is 5.86. The molecule has 1 saturated heterocycles. The molecule has 0 spiro atoms. The molecule has 1 unspecified atom stereocenters. The van der Waals surface area contributed by atoms with Gasteiger partial charge in [0.2, 0.25) is 0 Å². The fourth-order valence-corrected chi connectivity index (χ4v) is 3.04. The van der Waals surface area contributed by atoms with Crippen molar-refractivity contribution in [2.45, 2.75) is 19.0 Å². The summed E-state index contributed by atoms with van der Waals surface area (Å²) in [5.74, 6) is 0.694. The molecule has 1 aromatic carbocycles. The number of rotatable bonds is 5. The normalized spacial score (nSPS) is 17.5. The van der Waals surface area contributed by atoms with E-state index in [0.29, 0.717) is 18.3 Å². The first kappa shape index (κ1) is 16.4. The topological polar surface area (TPSA) is 99.2 Å². The van der Waals surface area contributed by atoms with Crippen molar-refractivity contribution >= 4 is 5.97 Å². The SMILES string of the molecule is COC(=O)c1cn(C2CCN(Cc3noc(-c4ccccc4)n3)C2)nn1. The van der Waals surface area contributed by atoms with Gasteiger partial charge in [0.15, 0.2) is 11.5 Å². The summed E-state index contributed by atoms with van der Waals surface area (Å²) in [6, 6.07) is 9.84. The summed E-state index contributed by atoms with van der Waals surface area (Å²) < 4.78 is 11.7. The van der Waals surface area contributed by atoms with Gasteiger partial charge in [-0.25, -0.2) is 9.48 Å². The van der Waals surface area contributed by atoms with E-state index in [2.05, 4.69) is 30.1 Å². The molecule has 0 saturated carbocycles. The number of carbonyl (C=O) groups excluding carboxylic acids is 1. The van der Waals surface area contributed by atoms with Gasteiger partial charge in [-0.2, -0.15) is 4.98 Å². The molecule has 9 heteroatoms. The van der Waals surface area contributed by atoms with Crippen LogP contribution in [0.2, 0.25) is 0 Å². The molecule has 4 rings (SSSR count). The zero-order chi connectivity index (χ0) is 17.9. The highest BCUT2D eigenvalue weighted by atomic mass is 16.5. The van der Waals surface area contributed by atoms with E-state index in [1.54, 1.807) is 10.9 Å². The first-order valence-corrected chi connectivity index (χ1v) is 8.33. The zero-order valence-corrected chi connectivity index (χ0v) is 14.3. The summed E-state index contributed by atoms with van der Waals surface area (Å²) in [5, 5.41) is 12.0. The van der Waals surface area contributed by atoms with Crippen molar-refractivity contribution in [3.8, 4) is 11.5 Å². The molecule has 1 fully saturated rings. The van der Waals surface area contributed by atoms with Gasteiger partial charge in [0.1, 0.15) is 0 Å². The molecule has 3 heterocycles. The van der Waals surface area contributed by atoms with Crippen LogP contribution >= 0.6 is 0 Å². The van der Waals surface area contributed by atoms with E-state index in [0.717, 1.165) is 25.1 Å². The number of nitrogens with zero attached hydrogens (tertiary/aromatic N) is 6. The lowest BCUT2D eigenvalue weighted by atomic mass is 10.2. The fourth-order valence-electron chi connectivity index (χ4n) is 3.04. The van der Waals surface area contributed by atoms with E-state index in [1.165, 1.54) is 7.11 Å². The Bertz CT molecular complexity index is 891. The Morgan fingerprint density at radius 1 is 1.35 bits per heavy atom. The highest BCUT2D eigenvalue weighted by Crippen LogP contribution is 2.23. The summed E-state index contributed by atoms with van der Waals surface area (Å²) in [6.45, 7) is 2.26. The quantitative estimate of drug-likeness (QED) is 0.637. The van der Waals surface area contributed by atoms with Crippen LogP contribution in [0.15, 0.2) is 41.1 Å². The Morgan fingerprint density at radius 2 is 2.19 bits per heavy atom. The fraction of sp³-hybridized carbons (Fsp3) is 0.353. The van der Waals surface area contributed by atoms with Crippen LogP contribution in [0, 0.1) is 0 Å².